The van der Waals surface area contributed by atoms with Crippen LogP contribution in [-0.4, -0.2) is 50.0 Å². The van der Waals surface area contributed by atoms with Gasteiger partial charge in [0.05, 0.1) is 0 Å². The second-order valence-corrected chi connectivity index (χ2v) is 6.90. The van der Waals surface area contributed by atoms with Gasteiger partial charge in [0.1, 0.15) is 6.29 Å². The summed E-state index contributed by atoms with van der Waals surface area (Å²) in [6.07, 6.45) is -0.180. The maximum absolute atomic E-state index is 9.40. The van der Waals surface area contributed by atoms with Crippen molar-refractivity contribution in [3.63, 3.8) is 0 Å². The first-order chi connectivity index (χ1) is 8.59. The van der Waals surface area contributed by atoms with Gasteiger partial charge in [-0.1, -0.05) is 0 Å². The Kier molecular flexibility index (Phi) is 8.60. The minimum atomic E-state index is -2.14. The van der Waals surface area contributed by atoms with E-state index in [4.69, 9.17) is 0 Å². The predicted molar refractivity (Wildman–Crippen MR) is 82.5 cm³/mol. The van der Waals surface area contributed by atoms with Crippen molar-refractivity contribution in [3.8, 4) is 0 Å². The number of rotatable bonds is 8. The lowest BCUT2D eigenvalue weighted by molar-refractivity contribution is -0.0428. The average Bonchev–Trinajstić information content (AvgIpc) is 2.12. The average molecular weight is 293 g/mol. The minimum absolute atomic E-state index is 0.180. The summed E-state index contributed by atoms with van der Waals surface area (Å²) in [5.74, 6) is 0. The fourth-order valence-corrected chi connectivity index (χ4v) is 3.19. The van der Waals surface area contributed by atoms with E-state index in [1.54, 1.807) is 0 Å². The molecule has 0 radical (unpaired) electrons. The molecular weight excluding hydrogens is 261 g/mol. The van der Waals surface area contributed by atoms with Gasteiger partial charge < -0.3 is 9.79 Å². The summed E-state index contributed by atoms with van der Waals surface area (Å²) in [5.41, 5.74) is 0. The van der Waals surface area contributed by atoms with Crippen LogP contribution in [0, 0.1) is 0 Å². The predicted octanol–water partition coefficient (Wildman–Crippen LogP) is 2.31. The Bertz CT molecular complexity index is 212. The van der Waals surface area contributed by atoms with Crippen LogP contribution in [-0.2, 0) is 0 Å². The van der Waals surface area contributed by atoms with Crippen LogP contribution in [0.25, 0.3) is 0 Å². The molecule has 0 aromatic rings. The minimum Gasteiger partial charge on any atom is -0.338 e. The standard InChI is InChI=1S/C13H32N3O2P/c1-9(2)15(10(3)4)13(14-19(17)18)16(11(5)6)12(7)8/h9-14,17-18H,1-8H3. The summed E-state index contributed by atoms with van der Waals surface area (Å²) in [6, 6.07) is 1.25. The van der Waals surface area contributed by atoms with Crippen LogP contribution in [0.5, 0.6) is 0 Å². The molecule has 0 aliphatic carbocycles. The highest BCUT2D eigenvalue weighted by atomic mass is 31.2. The molecule has 0 spiro atoms. The van der Waals surface area contributed by atoms with Gasteiger partial charge in [-0.25, -0.2) is 5.09 Å². The molecule has 0 saturated heterocycles. The molecule has 116 valence electrons. The van der Waals surface area contributed by atoms with E-state index in [0.717, 1.165) is 0 Å². The lowest BCUT2D eigenvalue weighted by Crippen LogP contribution is -2.62. The highest BCUT2D eigenvalue weighted by Crippen LogP contribution is 2.25. The van der Waals surface area contributed by atoms with E-state index in [0.29, 0.717) is 24.2 Å². The molecule has 0 aliphatic heterocycles. The molecule has 3 N–H and O–H groups in total. The number of nitrogens with one attached hydrogen (secondary N) is 1. The summed E-state index contributed by atoms with van der Waals surface area (Å²) in [7, 11) is -2.14. The van der Waals surface area contributed by atoms with E-state index < -0.39 is 8.53 Å². The van der Waals surface area contributed by atoms with Crippen molar-refractivity contribution in [2.75, 3.05) is 0 Å². The summed E-state index contributed by atoms with van der Waals surface area (Å²) in [5, 5.41) is 2.93. The first-order valence-electron chi connectivity index (χ1n) is 7.08. The zero-order valence-electron chi connectivity index (χ0n) is 13.6. The van der Waals surface area contributed by atoms with E-state index in [1.807, 2.05) is 0 Å². The topological polar surface area (TPSA) is 59.0 Å². The monoisotopic (exact) mass is 293 g/mol. The van der Waals surface area contributed by atoms with Gasteiger partial charge in [0, 0.05) is 24.2 Å². The van der Waals surface area contributed by atoms with Crippen LogP contribution >= 0.6 is 8.53 Å². The van der Waals surface area contributed by atoms with Crippen LogP contribution in [0.4, 0.5) is 0 Å². The Labute approximate surface area is 120 Å². The van der Waals surface area contributed by atoms with Crippen LogP contribution < -0.4 is 5.09 Å². The molecule has 0 aromatic heterocycles. The van der Waals surface area contributed by atoms with Crippen molar-refractivity contribution in [1.82, 2.24) is 14.9 Å². The van der Waals surface area contributed by atoms with Crippen LogP contribution in [0.15, 0.2) is 0 Å². The molecule has 0 saturated carbocycles. The van der Waals surface area contributed by atoms with Crippen molar-refractivity contribution in [2.45, 2.75) is 85.8 Å². The van der Waals surface area contributed by atoms with Crippen molar-refractivity contribution in [3.05, 3.63) is 0 Å². The van der Waals surface area contributed by atoms with E-state index >= 15 is 0 Å². The van der Waals surface area contributed by atoms with Crippen molar-refractivity contribution >= 4 is 8.53 Å². The largest absolute Gasteiger partial charge is 0.338 e. The third kappa shape index (κ3) is 6.03. The molecular formula is C13H32N3O2P. The lowest BCUT2D eigenvalue weighted by Gasteiger charge is -2.47. The van der Waals surface area contributed by atoms with Crippen LogP contribution in [0.2, 0.25) is 0 Å². The highest BCUT2D eigenvalue weighted by Gasteiger charge is 2.33. The third-order valence-corrected chi connectivity index (χ3v) is 3.64. The Morgan fingerprint density at radius 3 is 1.11 bits per heavy atom. The molecule has 0 rings (SSSR count). The van der Waals surface area contributed by atoms with Crippen molar-refractivity contribution in [2.24, 2.45) is 0 Å². The molecule has 19 heavy (non-hydrogen) atoms. The molecule has 0 aromatic carbocycles. The van der Waals surface area contributed by atoms with Gasteiger partial charge in [0.2, 0.25) is 0 Å². The second-order valence-electron chi connectivity index (χ2n) is 6.06. The molecule has 0 fully saturated rings. The van der Waals surface area contributed by atoms with Gasteiger partial charge in [-0.05, 0) is 55.4 Å². The fourth-order valence-electron chi connectivity index (χ4n) is 2.71. The fraction of sp³-hybridized carbons (Fsp3) is 1.00. The van der Waals surface area contributed by atoms with Crippen LogP contribution in [0.1, 0.15) is 55.4 Å². The van der Waals surface area contributed by atoms with Gasteiger partial charge >= 0.3 is 0 Å². The van der Waals surface area contributed by atoms with Crippen LogP contribution in [0.3, 0.4) is 0 Å². The van der Waals surface area contributed by atoms with Gasteiger partial charge in [0.15, 0.2) is 0 Å². The zero-order valence-corrected chi connectivity index (χ0v) is 14.5. The Hall–Kier alpha value is 0.230. The van der Waals surface area contributed by atoms with E-state index in [-0.39, 0.29) is 6.29 Å². The molecule has 0 amide bonds. The molecule has 0 atom stereocenters. The first-order valence-corrected chi connectivity index (χ1v) is 8.33. The Morgan fingerprint density at radius 2 is 0.947 bits per heavy atom. The SMILES string of the molecule is CC(C)N(C(C)C)C(NP(O)O)N(C(C)C)C(C)C. The van der Waals surface area contributed by atoms with Gasteiger partial charge in [-0.2, -0.15) is 0 Å². The molecule has 0 aliphatic rings. The summed E-state index contributed by atoms with van der Waals surface area (Å²) < 4.78 is 0. The Morgan fingerprint density at radius 1 is 0.684 bits per heavy atom. The molecule has 5 nitrogen and oxygen atoms in total. The van der Waals surface area contributed by atoms with Crippen molar-refractivity contribution in [1.29, 1.82) is 0 Å². The molecule has 0 bridgehead atoms. The van der Waals surface area contributed by atoms with E-state index in [1.165, 1.54) is 0 Å². The number of hydrogen-bond donors (Lipinski definition) is 3. The van der Waals surface area contributed by atoms with Gasteiger partial charge in [0.25, 0.3) is 8.53 Å². The third-order valence-electron chi connectivity index (χ3n) is 3.18. The maximum Gasteiger partial charge on any atom is 0.252 e. The molecule has 0 heterocycles. The van der Waals surface area contributed by atoms with Crippen molar-refractivity contribution < 1.29 is 9.79 Å². The second kappa shape index (κ2) is 8.50. The van der Waals surface area contributed by atoms with Gasteiger partial charge in [-0.3, -0.25) is 9.80 Å². The maximum atomic E-state index is 9.40. The van der Waals surface area contributed by atoms with Gasteiger partial charge in [-0.15, -0.1) is 0 Å². The Balaban J connectivity index is 5.36. The highest BCUT2D eigenvalue weighted by molar-refractivity contribution is 7.42. The number of nitrogens with zero attached hydrogens (tertiary/aromatic N) is 2. The summed E-state index contributed by atoms with van der Waals surface area (Å²) in [6.45, 7) is 17.0. The quantitative estimate of drug-likeness (QED) is 0.473. The smallest absolute Gasteiger partial charge is 0.252 e. The van der Waals surface area contributed by atoms with E-state index in [2.05, 4.69) is 70.3 Å². The molecule has 6 heteroatoms. The normalized spacial score (nSPS) is 13.6. The lowest BCUT2D eigenvalue weighted by atomic mass is 10.2. The summed E-state index contributed by atoms with van der Waals surface area (Å²) in [4.78, 5) is 23.3. The summed E-state index contributed by atoms with van der Waals surface area (Å²) >= 11 is 0. The van der Waals surface area contributed by atoms with E-state index in [9.17, 15) is 9.79 Å². The number of hydrogen-bond acceptors (Lipinski definition) is 5. The first kappa shape index (κ1) is 19.2. The molecule has 0 unspecified atom stereocenters. The zero-order chi connectivity index (χ0) is 15.3.